The van der Waals surface area contributed by atoms with Gasteiger partial charge in [0.15, 0.2) is 6.79 Å². The number of hydrogen-bond donors (Lipinski definition) is 1. The summed E-state index contributed by atoms with van der Waals surface area (Å²) >= 11 is 0. The molecule has 0 aliphatic heterocycles. The molecule has 0 aromatic heterocycles. The molecule has 28 heavy (non-hydrogen) atoms. The number of carboxylic acids is 1. The van der Waals surface area contributed by atoms with E-state index in [2.05, 4.69) is 4.74 Å². The van der Waals surface area contributed by atoms with Crippen molar-refractivity contribution in [3.8, 4) is 0 Å². The number of rotatable bonds is 8. The van der Waals surface area contributed by atoms with Gasteiger partial charge in [0.05, 0.1) is 11.1 Å². The standard InChI is InChI=1S/C19H16F2O7/c1-26-11-27-16(22)13-7-9-14(10-8-13)17(23)28-15(19(20,21)18(24)25)12-5-3-2-4-6-12/h2-10,15H,11H2,1H3,(H,24,25). The molecule has 7 nitrogen and oxygen atoms in total. The molecule has 0 amide bonds. The number of carbonyl (C=O) groups is 3. The Morgan fingerprint density at radius 1 is 0.964 bits per heavy atom. The maximum Gasteiger partial charge on any atom is 0.382 e. The second-order valence-corrected chi connectivity index (χ2v) is 5.54. The molecule has 1 atom stereocenters. The van der Waals surface area contributed by atoms with Gasteiger partial charge in [0.2, 0.25) is 6.10 Å². The Morgan fingerprint density at radius 3 is 2.00 bits per heavy atom. The van der Waals surface area contributed by atoms with Crippen LogP contribution < -0.4 is 0 Å². The summed E-state index contributed by atoms with van der Waals surface area (Å²) in [6.45, 7) is -0.258. The fraction of sp³-hybridized carbons (Fsp3) is 0.211. The van der Waals surface area contributed by atoms with E-state index in [-0.39, 0.29) is 23.5 Å². The Labute approximate surface area is 158 Å². The quantitative estimate of drug-likeness (QED) is 0.543. The molecule has 1 N–H and O–H groups in total. The van der Waals surface area contributed by atoms with Crippen LogP contribution in [0.5, 0.6) is 0 Å². The molecular weight excluding hydrogens is 378 g/mol. The minimum absolute atomic E-state index is 0.101. The molecule has 9 heteroatoms. The first-order chi connectivity index (χ1) is 13.3. The second kappa shape index (κ2) is 9.05. The first-order valence-electron chi connectivity index (χ1n) is 7.90. The molecule has 0 fully saturated rings. The van der Waals surface area contributed by atoms with E-state index in [9.17, 15) is 23.2 Å². The fourth-order valence-corrected chi connectivity index (χ4v) is 2.20. The summed E-state index contributed by atoms with van der Waals surface area (Å²) < 4.78 is 42.4. The first-order valence-corrected chi connectivity index (χ1v) is 7.90. The number of hydrogen-bond acceptors (Lipinski definition) is 6. The van der Waals surface area contributed by atoms with Crippen LogP contribution in [0.2, 0.25) is 0 Å². The van der Waals surface area contributed by atoms with E-state index in [1.807, 2.05) is 0 Å². The van der Waals surface area contributed by atoms with Gasteiger partial charge in [-0.1, -0.05) is 30.3 Å². The topological polar surface area (TPSA) is 99.1 Å². The summed E-state index contributed by atoms with van der Waals surface area (Å²) in [5, 5.41) is 8.82. The summed E-state index contributed by atoms with van der Waals surface area (Å²) in [5.74, 6) is -8.65. The van der Waals surface area contributed by atoms with Crippen molar-refractivity contribution in [2.75, 3.05) is 13.9 Å². The van der Waals surface area contributed by atoms with Gasteiger partial charge in [-0.25, -0.2) is 14.4 Å². The van der Waals surface area contributed by atoms with E-state index in [4.69, 9.17) is 14.6 Å². The zero-order valence-electron chi connectivity index (χ0n) is 14.6. The molecule has 0 radical (unpaired) electrons. The lowest BCUT2D eigenvalue weighted by atomic mass is 10.0. The molecule has 0 saturated carbocycles. The lowest BCUT2D eigenvalue weighted by Gasteiger charge is -2.24. The molecule has 0 saturated heterocycles. The van der Waals surface area contributed by atoms with E-state index >= 15 is 0 Å². The number of ether oxygens (including phenoxy) is 3. The van der Waals surface area contributed by atoms with Crippen molar-refractivity contribution in [2.24, 2.45) is 0 Å². The minimum atomic E-state index is -4.35. The van der Waals surface area contributed by atoms with E-state index in [0.29, 0.717) is 0 Å². The predicted molar refractivity (Wildman–Crippen MR) is 90.9 cm³/mol. The lowest BCUT2D eigenvalue weighted by Crippen LogP contribution is -2.38. The number of alkyl halides is 2. The summed E-state index contributed by atoms with van der Waals surface area (Å²) in [6.07, 6.45) is -2.33. The second-order valence-electron chi connectivity index (χ2n) is 5.54. The summed E-state index contributed by atoms with van der Waals surface area (Å²) in [6, 6.07) is 11.6. The van der Waals surface area contributed by atoms with Gasteiger partial charge in [-0.2, -0.15) is 8.78 Å². The minimum Gasteiger partial charge on any atom is -0.477 e. The molecule has 0 bridgehead atoms. The van der Waals surface area contributed by atoms with E-state index in [0.717, 1.165) is 0 Å². The number of aliphatic carboxylic acids is 1. The molecule has 2 rings (SSSR count). The maximum atomic E-state index is 14.1. The molecule has 0 heterocycles. The van der Waals surface area contributed by atoms with Gasteiger partial charge in [-0.3, -0.25) is 0 Å². The zero-order chi connectivity index (χ0) is 20.7. The third-order valence-corrected chi connectivity index (χ3v) is 3.61. The average Bonchev–Trinajstić information content (AvgIpc) is 2.70. The maximum absolute atomic E-state index is 14.1. The third-order valence-electron chi connectivity index (χ3n) is 3.61. The number of esters is 2. The van der Waals surface area contributed by atoms with Gasteiger partial charge in [0, 0.05) is 7.11 Å². The highest BCUT2D eigenvalue weighted by Crippen LogP contribution is 2.35. The van der Waals surface area contributed by atoms with Crippen molar-refractivity contribution < 1.29 is 42.5 Å². The average molecular weight is 394 g/mol. The molecule has 2 aromatic rings. The van der Waals surface area contributed by atoms with Crippen molar-refractivity contribution in [1.82, 2.24) is 0 Å². The fourth-order valence-electron chi connectivity index (χ4n) is 2.20. The number of methoxy groups -OCH3 is 1. The van der Waals surface area contributed by atoms with Gasteiger partial charge in [-0.15, -0.1) is 0 Å². The van der Waals surface area contributed by atoms with Crippen LogP contribution in [0.1, 0.15) is 32.4 Å². The van der Waals surface area contributed by atoms with Crippen LogP contribution in [0.25, 0.3) is 0 Å². The summed E-state index contributed by atoms with van der Waals surface area (Å²) in [4.78, 5) is 34.9. The number of carboxylic acid groups (broad SMARTS) is 1. The molecular formula is C19H16F2O7. The van der Waals surface area contributed by atoms with Crippen molar-refractivity contribution in [2.45, 2.75) is 12.0 Å². The molecule has 0 spiro atoms. The largest absolute Gasteiger partial charge is 0.477 e. The SMILES string of the molecule is COCOC(=O)c1ccc(C(=O)OC(c2ccccc2)C(F)(F)C(=O)O)cc1. The van der Waals surface area contributed by atoms with Gasteiger partial charge in [-0.05, 0) is 29.8 Å². The third kappa shape index (κ3) is 4.89. The van der Waals surface area contributed by atoms with Crippen molar-refractivity contribution >= 4 is 17.9 Å². The van der Waals surface area contributed by atoms with Crippen molar-refractivity contribution in [1.29, 1.82) is 0 Å². The molecule has 1 unspecified atom stereocenters. The van der Waals surface area contributed by atoms with Crippen LogP contribution in [0, 0.1) is 0 Å². The Balaban J connectivity index is 2.22. The van der Waals surface area contributed by atoms with Gasteiger partial charge in [0.25, 0.3) is 0 Å². The molecule has 148 valence electrons. The van der Waals surface area contributed by atoms with Gasteiger partial charge in [0.1, 0.15) is 0 Å². The number of carbonyl (C=O) groups excluding carboxylic acids is 2. The Hall–Kier alpha value is -3.33. The number of halogens is 2. The van der Waals surface area contributed by atoms with Crippen LogP contribution in [-0.4, -0.2) is 42.8 Å². The van der Waals surface area contributed by atoms with Crippen molar-refractivity contribution in [3.63, 3.8) is 0 Å². The predicted octanol–water partition coefficient (Wildman–Crippen LogP) is 3.07. The molecule has 0 aliphatic rings. The monoisotopic (exact) mass is 394 g/mol. The summed E-state index contributed by atoms with van der Waals surface area (Å²) in [7, 11) is 1.34. The van der Waals surface area contributed by atoms with Crippen LogP contribution in [0.3, 0.4) is 0 Å². The highest BCUT2D eigenvalue weighted by atomic mass is 19.3. The van der Waals surface area contributed by atoms with E-state index < -0.39 is 29.9 Å². The molecule has 2 aromatic carbocycles. The molecule has 0 aliphatic carbocycles. The van der Waals surface area contributed by atoms with E-state index in [1.54, 1.807) is 6.07 Å². The highest BCUT2D eigenvalue weighted by Gasteiger charge is 2.51. The van der Waals surface area contributed by atoms with Gasteiger partial charge < -0.3 is 19.3 Å². The van der Waals surface area contributed by atoms with E-state index in [1.165, 1.54) is 55.6 Å². The summed E-state index contributed by atoms with van der Waals surface area (Å²) in [5.41, 5.74) is -0.225. The first kappa shape index (κ1) is 21.0. The van der Waals surface area contributed by atoms with Crippen LogP contribution >= 0.6 is 0 Å². The Kier molecular flexibility index (Phi) is 6.78. The highest BCUT2D eigenvalue weighted by molar-refractivity contribution is 5.93. The Bertz CT molecular complexity index is 835. The number of benzene rings is 2. The lowest BCUT2D eigenvalue weighted by molar-refractivity contribution is -0.183. The van der Waals surface area contributed by atoms with Crippen LogP contribution in [0.4, 0.5) is 8.78 Å². The van der Waals surface area contributed by atoms with Crippen molar-refractivity contribution in [3.05, 3.63) is 71.3 Å². The van der Waals surface area contributed by atoms with Gasteiger partial charge >= 0.3 is 23.8 Å². The smallest absolute Gasteiger partial charge is 0.382 e. The normalized spacial score (nSPS) is 12.1. The Morgan fingerprint density at radius 2 is 1.50 bits per heavy atom. The zero-order valence-corrected chi connectivity index (χ0v) is 14.6. The van der Waals surface area contributed by atoms with Crippen LogP contribution in [-0.2, 0) is 19.0 Å². The van der Waals surface area contributed by atoms with Crippen LogP contribution in [0.15, 0.2) is 54.6 Å².